The van der Waals surface area contributed by atoms with Crippen molar-refractivity contribution in [3.05, 3.63) is 66.0 Å². The molecule has 2 rings (SSSR count). The molecule has 0 aliphatic heterocycles. The molecule has 0 spiro atoms. The van der Waals surface area contributed by atoms with Crippen LogP contribution in [-0.2, 0) is 11.3 Å². The Balaban J connectivity index is 2.20. The molecule has 0 bridgehead atoms. The smallest absolute Gasteiger partial charge is 0.0872 e. The van der Waals surface area contributed by atoms with E-state index in [0.717, 1.165) is 22.3 Å². The van der Waals surface area contributed by atoms with E-state index in [-0.39, 0.29) is 0 Å². The van der Waals surface area contributed by atoms with E-state index in [1.807, 2.05) is 36.4 Å². The molecule has 1 nitrogen and oxygen atoms in total. The van der Waals surface area contributed by atoms with Crippen LogP contribution in [0.5, 0.6) is 0 Å². The molecule has 0 amide bonds. The van der Waals surface area contributed by atoms with Gasteiger partial charge in [-0.2, -0.15) is 0 Å². The molecule has 2 aromatic carbocycles. The molecule has 0 heterocycles. The zero-order valence-corrected chi connectivity index (χ0v) is 10.3. The number of ether oxygens (including phenoxy) is 1. The Kier molecular flexibility index (Phi) is 4.26. The van der Waals surface area contributed by atoms with Gasteiger partial charge < -0.3 is 4.74 Å². The summed E-state index contributed by atoms with van der Waals surface area (Å²) in [4.78, 5) is 0. The molecule has 0 saturated heterocycles. The normalized spacial score (nSPS) is 11.0. The molecule has 0 atom stereocenters. The van der Waals surface area contributed by atoms with E-state index >= 15 is 0 Å². The summed E-state index contributed by atoms with van der Waals surface area (Å²) >= 11 is 0. The molecule has 18 heavy (non-hydrogen) atoms. The van der Waals surface area contributed by atoms with Gasteiger partial charge in [0.15, 0.2) is 0 Å². The average Bonchev–Trinajstić information content (AvgIpc) is 2.41. The first-order valence-corrected chi connectivity index (χ1v) is 5.78. The van der Waals surface area contributed by atoms with E-state index in [1.54, 1.807) is 7.11 Å². The van der Waals surface area contributed by atoms with Crippen LogP contribution in [0.3, 0.4) is 0 Å². The van der Waals surface area contributed by atoms with Crippen molar-refractivity contribution in [2.75, 3.05) is 7.11 Å². The lowest BCUT2D eigenvalue weighted by Crippen LogP contribution is -1.87. The van der Waals surface area contributed by atoms with E-state index in [2.05, 4.69) is 12.1 Å². The Labute approximate surface area is 107 Å². The molecule has 0 aliphatic carbocycles. The Morgan fingerprint density at radius 1 is 0.944 bits per heavy atom. The molecule has 0 fully saturated rings. The molecule has 0 radical (unpaired) electrons. The van der Waals surface area contributed by atoms with Crippen LogP contribution >= 0.6 is 0 Å². The SMILES string of the molecule is COCc1ccc(-c2ccc(C=CF)cc2)cc1. The van der Waals surface area contributed by atoms with E-state index < -0.39 is 0 Å². The third-order valence-corrected chi connectivity index (χ3v) is 2.76. The first-order chi connectivity index (χ1) is 8.83. The maximum absolute atomic E-state index is 12.0. The second-order valence-corrected chi connectivity index (χ2v) is 4.04. The predicted octanol–water partition coefficient (Wildman–Crippen LogP) is 4.44. The minimum absolute atomic E-state index is 0.550. The quantitative estimate of drug-likeness (QED) is 0.770. The van der Waals surface area contributed by atoms with Crippen LogP contribution in [-0.4, -0.2) is 7.11 Å². The van der Waals surface area contributed by atoms with Gasteiger partial charge in [-0.3, -0.25) is 0 Å². The van der Waals surface area contributed by atoms with Crippen LogP contribution in [0.15, 0.2) is 54.9 Å². The van der Waals surface area contributed by atoms with Crippen molar-refractivity contribution < 1.29 is 9.13 Å². The van der Waals surface area contributed by atoms with Crippen LogP contribution in [0.1, 0.15) is 11.1 Å². The van der Waals surface area contributed by atoms with Crippen LogP contribution in [0.4, 0.5) is 4.39 Å². The summed E-state index contributed by atoms with van der Waals surface area (Å²) in [6.45, 7) is 0.626. The third kappa shape index (κ3) is 3.05. The lowest BCUT2D eigenvalue weighted by Gasteiger charge is -2.04. The maximum Gasteiger partial charge on any atom is 0.0872 e. The van der Waals surface area contributed by atoms with Gasteiger partial charge in [-0.25, -0.2) is 4.39 Å². The lowest BCUT2D eigenvalue weighted by atomic mass is 10.0. The molecule has 0 aliphatic rings. The van der Waals surface area contributed by atoms with Crippen LogP contribution in [0, 0.1) is 0 Å². The van der Waals surface area contributed by atoms with Gasteiger partial charge >= 0.3 is 0 Å². The third-order valence-electron chi connectivity index (χ3n) is 2.76. The monoisotopic (exact) mass is 242 g/mol. The summed E-state index contributed by atoms with van der Waals surface area (Å²) in [5.41, 5.74) is 4.27. The van der Waals surface area contributed by atoms with Crippen molar-refractivity contribution in [2.45, 2.75) is 6.61 Å². The van der Waals surface area contributed by atoms with Crippen molar-refractivity contribution in [3.8, 4) is 11.1 Å². The van der Waals surface area contributed by atoms with Gasteiger partial charge in [0, 0.05) is 7.11 Å². The Morgan fingerprint density at radius 3 is 2.00 bits per heavy atom. The lowest BCUT2D eigenvalue weighted by molar-refractivity contribution is 0.185. The second kappa shape index (κ2) is 6.12. The topological polar surface area (TPSA) is 9.23 Å². The van der Waals surface area contributed by atoms with Crippen LogP contribution in [0.2, 0.25) is 0 Å². The van der Waals surface area contributed by atoms with Crippen molar-refractivity contribution >= 4 is 6.08 Å². The zero-order valence-electron chi connectivity index (χ0n) is 10.3. The van der Waals surface area contributed by atoms with Crippen LogP contribution in [0.25, 0.3) is 17.2 Å². The number of halogens is 1. The zero-order chi connectivity index (χ0) is 12.8. The number of hydrogen-bond donors (Lipinski definition) is 0. The summed E-state index contributed by atoms with van der Waals surface area (Å²) in [5, 5.41) is 0. The van der Waals surface area contributed by atoms with Gasteiger partial charge in [0.05, 0.1) is 12.9 Å². The fourth-order valence-electron chi connectivity index (χ4n) is 1.82. The summed E-state index contributed by atoms with van der Waals surface area (Å²) in [7, 11) is 1.69. The summed E-state index contributed by atoms with van der Waals surface area (Å²) in [5.74, 6) is 0. The minimum Gasteiger partial charge on any atom is -0.380 e. The number of methoxy groups -OCH3 is 1. The largest absolute Gasteiger partial charge is 0.380 e. The summed E-state index contributed by atoms with van der Waals surface area (Å²) < 4.78 is 17.1. The number of rotatable bonds is 4. The van der Waals surface area contributed by atoms with E-state index in [4.69, 9.17) is 4.74 Å². The predicted molar refractivity (Wildman–Crippen MR) is 72.7 cm³/mol. The fourth-order valence-corrected chi connectivity index (χ4v) is 1.82. The highest BCUT2D eigenvalue weighted by Crippen LogP contribution is 2.21. The molecule has 2 heteroatoms. The van der Waals surface area contributed by atoms with Crippen molar-refractivity contribution in [1.82, 2.24) is 0 Å². The highest BCUT2D eigenvalue weighted by molar-refractivity contribution is 5.65. The van der Waals surface area contributed by atoms with E-state index in [9.17, 15) is 4.39 Å². The Bertz CT molecular complexity index is 512. The second-order valence-electron chi connectivity index (χ2n) is 4.04. The van der Waals surface area contributed by atoms with Gasteiger partial charge in [0.1, 0.15) is 0 Å². The highest BCUT2D eigenvalue weighted by atomic mass is 19.1. The van der Waals surface area contributed by atoms with Gasteiger partial charge in [-0.05, 0) is 28.3 Å². The van der Waals surface area contributed by atoms with E-state index in [0.29, 0.717) is 12.9 Å². The first-order valence-electron chi connectivity index (χ1n) is 5.78. The Hall–Kier alpha value is -1.93. The maximum atomic E-state index is 12.0. The molecule has 92 valence electrons. The minimum atomic E-state index is 0.550. The van der Waals surface area contributed by atoms with Crippen LogP contribution < -0.4 is 0 Å². The first kappa shape index (κ1) is 12.5. The fraction of sp³-hybridized carbons (Fsp3) is 0.125. The average molecular weight is 242 g/mol. The number of benzene rings is 2. The molecule has 0 N–H and O–H groups in total. The van der Waals surface area contributed by atoms with Gasteiger partial charge in [-0.1, -0.05) is 48.5 Å². The molecule has 0 aromatic heterocycles. The summed E-state index contributed by atoms with van der Waals surface area (Å²) in [6, 6.07) is 16.0. The number of hydrogen-bond acceptors (Lipinski definition) is 1. The molecular formula is C16H15FO. The highest BCUT2D eigenvalue weighted by Gasteiger charge is 1.98. The summed E-state index contributed by atoms with van der Waals surface area (Å²) in [6.07, 6.45) is 1.99. The Morgan fingerprint density at radius 2 is 1.50 bits per heavy atom. The molecule has 2 aromatic rings. The molecule has 0 unspecified atom stereocenters. The van der Waals surface area contributed by atoms with Crippen molar-refractivity contribution in [3.63, 3.8) is 0 Å². The molecular weight excluding hydrogens is 227 g/mol. The van der Waals surface area contributed by atoms with E-state index in [1.165, 1.54) is 6.08 Å². The molecule has 0 saturated carbocycles. The van der Waals surface area contributed by atoms with Crippen molar-refractivity contribution in [2.24, 2.45) is 0 Å². The van der Waals surface area contributed by atoms with Gasteiger partial charge in [-0.15, -0.1) is 0 Å². The van der Waals surface area contributed by atoms with Crippen molar-refractivity contribution in [1.29, 1.82) is 0 Å². The standard InChI is InChI=1S/C16H15FO/c1-18-12-14-4-8-16(9-5-14)15-6-2-13(3-7-15)10-11-17/h2-11H,12H2,1H3. The van der Waals surface area contributed by atoms with Gasteiger partial charge in [0.25, 0.3) is 0 Å². The van der Waals surface area contributed by atoms with Gasteiger partial charge in [0.2, 0.25) is 0 Å².